The Morgan fingerprint density at radius 1 is 1.22 bits per heavy atom. The van der Waals surface area contributed by atoms with Crippen LogP contribution in [-0.4, -0.2) is 24.1 Å². The molecule has 0 spiro atoms. The summed E-state index contributed by atoms with van der Waals surface area (Å²) < 4.78 is 0. The van der Waals surface area contributed by atoms with Crippen LogP contribution in [0.5, 0.6) is 0 Å². The third kappa shape index (κ3) is 5.05. The highest BCUT2D eigenvalue weighted by Crippen LogP contribution is 2.13. The summed E-state index contributed by atoms with van der Waals surface area (Å²) in [5.74, 6) is 1.75. The SMILES string of the molecule is CCN(CC(C)C)c1cccc(CNC(C)C)n1. The minimum Gasteiger partial charge on any atom is -0.357 e. The molecule has 0 aliphatic heterocycles. The first kappa shape index (κ1) is 15.0. The van der Waals surface area contributed by atoms with Crippen LogP contribution in [0.3, 0.4) is 0 Å². The second-order valence-electron chi connectivity index (χ2n) is 5.46. The third-order valence-corrected chi connectivity index (χ3v) is 2.77. The molecule has 0 radical (unpaired) electrons. The first-order valence-corrected chi connectivity index (χ1v) is 6.97. The monoisotopic (exact) mass is 249 g/mol. The molecule has 1 aromatic rings. The van der Waals surface area contributed by atoms with Crippen LogP contribution in [0.25, 0.3) is 0 Å². The van der Waals surface area contributed by atoms with Crippen molar-refractivity contribution in [1.82, 2.24) is 10.3 Å². The lowest BCUT2D eigenvalue weighted by Crippen LogP contribution is -2.28. The summed E-state index contributed by atoms with van der Waals surface area (Å²) in [5, 5.41) is 3.41. The van der Waals surface area contributed by atoms with Gasteiger partial charge >= 0.3 is 0 Å². The Bertz CT molecular complexity index is 347. The number of aromatic nitrogens is 1. The lowest BCUT2D eigenvalue weighted by atomic mass is 10.2. The van der Waals surface area contributed by atoms with Gasteiger partial charge in [-0.25, -0.2) is 4.98 Å². The molecular formula is C15H27N3. The van der Waals surface area contributed by atoms with Crippen LogP contribution in [0.1, 0.15) is 40.3 Å². The smallest absolute Gasteiger partial charge is 0.128 e. The van der Waals surface area contributed by atoms with Crippen molar-refractivity contribution in [1.29, 1.82) is 0 Å². The number of pyridine rings is 1. The van der Waals surface area contributed by atoms with E-state index >= 15 is 0 Å². The van der Waals surface area contributed by atoms with Gasteiger partial charge in [0.05, 0.1) is 5.69 Å². The average Bonchev–Trinajstić information content (AvgIpc) is 2.33. The predicted molar refractivity (Wildman–Crippen MR) is 78.9 cm³/mol. The summed E-state index contributed by atoms with van der Waals surface area (Å²) in [7, 11) is 0. The van der Waals surface area contributed by atoms with E-state index in [1.807, 2.05) is 0 Å². The maximum Gasteiger partial charge on any atom is 0.128 e. The summed E-state index contributed by atoms with van der Waals surface area (Å²) in [6.07, 6.45) is 0. The molecule has 1 heterocycles. The van der Waals surface area contributed by atoms with E-state index in [-0.39, 0.29) is 0 Å². The zero-order valence-corrected chi connectivity index (χ0v) is 12.4. The molecular weight excluding hydrogens is 222 g/mol. The molecule has 0 saturated carbocycles. The maximum absolute atomic E-state index is 4.73. The first-order valence-electron chi connectivity index (χ1n) is 6.97. The van der Waals surface area contributed by atoms with E-state index in [2.05, 4.69) is 63.0 Å². The van der Waals surface area contributed by atoms with Gasteiger partial charge in [-0.1, -0.05) is 33.8 Å². The highest BCUT2D eigenvalue weighted by atomic mass is 15.2. The van der Waals surface area contributed by atoms with E-state index in [4.69, 9.17) is 4.98 Å². The molecule has 0 atom stereocenters. The number of hydrogen-bond acceptors (Lipinski definition) is 3. The molecule has 102 valence electrons. The zero-order valence-electron chi connectivity index (χ0n) is 12.4. The normalized spacial score (nSPS) is 11.3. The Morgan fingerprint density at radius 3 is 2.50 bits per heavy atom. The van der Waals surface area contributed by atoms with E-state index < -0.39 is 0 Å². The van der Waals surface area contributed by atoms with Gasteiger partial charge in [0, 0.05) is 25.7 Å². The fraction of sp³-hybridized carbons (Fsp3) is 0.667. The van der Waals surface area contributed by atoms with E-state index in [0.29, 0.717) is 12.0 Å². The van der Waals surface area contributed by atoms with Crippen LogP contribution >= 0.6 is 0 Å². The molecule has 0 aromatic carbocycles. The Kier molecular flexibility index (Phi) is 6.13. The van der Waals surface area contributed by atoms with Crippen LogP contribution in [0.15, 0.2) is 18.2 Å². The zero-order chi connectivity index (χ0) is 13.5. The number of anilines is 1. The maximum atomic E-state index is 4.73. The van der Waals surface area contributed by atoms with Gasteiger partial charge in [0.25, 0.3) is 0 Å². The molecule has 1 aromatic heterocycles. The molecule has 0 saturated heterocycles. The number of nitrogens with zero attached hydrogens (tertiary/aromatic N) is 2. The van der Waals surface area contributed by atoms with Gasteiger partial charge in [-0.05, 0) is 25.0 Å². The van der Waals surface area contributed by atoms with Crippen LogP contribution < -0.4 is 10.2 Å². The van der Waals surface area contributed by atoms with Gasteiger partial charge in [0.1, 0.15) is 5.82 Å². The largest absolute Gasteiger partial charge is 0.357 e. The third-order valence-electron chi connectivity index (χ3n) is 2.77. The molecule has 0 aliphatic carbocycles. The molecule has 0 unspecified atom stereocenters. The van der Waals surface area contributed by atoms with Crippen LogP contribution in [0.4, 0.5) is 5.82 Å². The summed E-state index contributed by atoms with van der Waals surface area (Å²) in [4.78, 5) is 7.07. The van der Waals surface area contributed by atoms with Crippen LogP contribution in [-0.2, 0) is 6.54 Å². The van der Waals surface area contributed by atoms with E-state index in [1.54, 1.807) is 0 Å². The predicted octanol–water partition coefficient (Wildman–Crippen LogP) is 3.06. The summed E-state index contributed by atoms with van der Waals surface area (Å²) in [5.41, 5.74) is 1.11. The van der Waals surface area contributed by atoms with E-state index in [9.17, 15) is 0 Å². The first-order chi connectivity index (χ1) is 8.52. The number of hydrogen-bond donors (Lipinski definition) is 1. The number of nitrogens with one attached hydrogen (secondary N) is 1. The molecule has 3 nitrogen and oxygen atoms in total. The van der Waals surface area contributed by atoms with Crippen LogP contribution in [0, 0.1) is 5.92 Å². The summed E-state index contributed by atoms with van der Waals surface area (Å²) >= 11 is 0. The van der Waals surface area contributed by atoms with E-state index in [0.717, 1.165) is 31.1 Å². The lowest BCUT2D eigenvalue weighted by molar-refractivity contribution is 0.578. The Labute approximate surface area is 112 Å². The van der Waals surface area contributed by atoms with Gasteiger partial charge in [-0.2, -0.15) is 0 Å². The van der Waals surface area contributed by atoms with Crippen LogP contribution in [0.2, 0.25) is 0 Å². The highest BCUT2D eigenvalue weighted by Gasteiger charge is 2.08. The summed E-state index contributed by atoms with van der Waals surface area (Å²) in [6.45, 7) is 13.9. The Hall–Kier alpha value is -1.09. The second kappa shape index (κ2) is 7.37. The molecule has 0 aliphatic rings. The molecule has 0 fully saturated rings. The average molecular weight is 249 g/mol. The van der Waals surface area contributed by atoms with E-state index in [1.165, 1.54) is 0 Å². The van der Waals surface area contributed by atoms with Crippen molar-refractivity contribution in [2.24, 2.45) is 5.92 Å². The topological polar surface area (TPSA) is 28.2 Å². The Morgan fingerprint density at radius 2 is 1.94 bits per heavy atom. The molecule has 0 amide bonds. The van der Waals surface area contributed by atoms with Gasteiger partial charge < -0.3 is 10.2 Å². The molecule has 3 heteroatoms. The minimum atomic E-state index is 0.494. The fourth-order valence-corrected chi connectivity index (χ4v) is 1.88. The van der Waals surface area contributed by atoms with Crippen molar-refractivity contribution in [3.05, 3.63) is 23.9 Å². The second-order valence-corrected chi connectivity index (χ2v) is 5.46. The standard InChI is InChI=1S/C15H27N3/c1-6-18(11-12(2)3)15-9-7-8-14(17-15)10-16-13(4)5/h7-9,12-13,16H,6,10-11H2,1-5H3. The molecule has 1 rings (SSSR count). The minimum absolute atomic E-state index is 0.494. The van der Waals surface area contributed by atoms with Crippen molar-refractivity contribution in [3.8, 4) is 0 Å². The van der Waals surface area contributed by atoms with Gasteiger partial charge in [0.2, 0.25) is 0 Å². The molecule has 1 N–H and O–H groups in total. The van der Waals surface area contributed by atoms with Gasteiger partial charge in [0.15, 0.2) is 0 Å². The van der Waals surface area contributed by atoms with Gasteiger partial charge in [-0.15, -0.1) is 0 Å². The fourth-order valence-electron chi connectivity index (χ4n) is 1.88. The van der Waals surface area contributed by atoms with Crippen molar-refractivity contribution in [2.75, 3.05) is 18.0 Å². The molecule has 0 bridgehead atoms. The van der Waals surface area contributed by atoms with Crippen molar-refractivity contribution >= 4 is 5.82 Å². The lowest BCUT2D eigenvalue weighted by Gasteiger charge is -2.24. The highest BCUT2D eigenvalue weighted by molar-refractivity contribution is 5.39. The summed E-state index contributed by atoms with van der Waals surface area (Å²) in [6, 6.07) is 6.78. The van der Waals surface area contributed by atoms with Crippen molar-refractivity contribution in [2.45, 2.75) is 47.2 Å². The quantitative estimate of drug-likeness (QED) is 0.805. The Balaban J connectivity index is 2.72. The van der Waals surface area contributed by atoms with Crippen molar-refractivity contribution in [3.63, 3.8) is 0 Å². The number of rotatable bonds is 7. The molecule has 18 heavy (non-hydrogen) atoms. The van der Waals surface area contributed by atoms with Crippen molar-refractivity contribution < 1.29 is 0 Å². The van der Waals surface area contributed by atoms with Gasteiger partial charge in [-0.3, -0.25) is 0 Å².